The Morgan fingerprint density at radius 3 is 2.41 bits per heavy atom. The molecule has 1 amide bonds. The lowest BCUT2D eigenvalue weighted by Gasteiger charge is -2.13. The van der Waals surface area contributed by atoms with Gasteiger partial charge >= 0.3 is 6.18 Å². The highest BCUT2D eigenvalue weighted by atomic mass is 19.4. The van der Waals surface area contributed by atoms with Crippen LogP contribution < -0.4 is 11.1 Å². The third-order valence-electron chi connectivity index (χ3n) is 2.12. The van der Waals surface area contributed by atoms with Crippen molar-refractivity contribution >= 4 is 5.91 Å². The van der Waals surface area contributed by atoms with Crippen LogP contribution in [-0.2, 0) is 4.79 Å². The maximum absolute atomic E-state index is 11.8. The summed E-state index contributed by atoms with van der Waals surface area (Å²) in [6.45, 7) is -1.33. The number of rotatable bonds is 4. The fraction of sp³-hybridized carbons (Fsp3) is 0.364. The zero-order chi connectivity index (χ0) is 12.9. The van der Waals surface area contributed by atoms with Gasteiger partial charge in [-0.2, -0.15) is 13.2 Å². The number of carbonyl (C=O) groups is 1. The largest absolute Gasteiger partial charge is 0.405 e. The predicted octanol–water partition coefficient (Wildman–Crippen LogP) is 1.75. The lowest BCUT2D eigenvalue weighted by atomic mass is 10.0. The third kappa shape index (κ3) is 5.35. The molecular formula is C11H13F3N2O. The molecule has 94 valence electrons. The van der Waals surface area contributed by atoms with Gasteiger partial charge in [-0.1, -0.05) is 30.3 Å². The Morgan fingerprint density at radius 1 is 1.29 bits per heavy atom. The summed E-state index contributed by atoms with van der Waals surface area (Å²) in [7, 11) is 0. The van der Waals surface area contributed by atoms with E-state index in [1.54, 1.807) is 35.6 Å². The molecule has 1 aromatic rings. The minimum atomic E-state index is -4.40. The molecule has 0 spiro atoms. The van der Waals surface area contributed by atoms with Gasteiger partial charge in [-0.05, 0) is 5.56 Å². The summed E-state index contributed by atoms with van der Waals surface area (Å²) in [4.78, 5) is 11.2. The van der Waals surface area contributed by atoms with Gasteiger partial charge in [0.25, 0.3) is 0 Å². The third-order valence-corrected chi connectivity index (χ3v) is 2.12. The van der Waals surface area contributed by atoms with Gasteiger partial charge in [-0.25, -0.2) is 0 Å². The van der Waals surface area contributed by atoms with Crippen LogP contribution in [0.4, 0.5) is 13.2 Å². The van der Waals surface area contributed by atoms with Crippen molar-refractivity contribution in [2.75, 3.05) is 6.54 Å². The summed E-state index contributed by atoms with van der Waals surface area (Å²) in [5, 5.41) is 1.78. The molecule has 0 radical (unpaired) electrons. The molecule has 0 aliphatic carbocycles. The first-order chi connectivity index (χ1) is 7.88. The molecular weight excluding hydrogens is 233 g/mol. The van der Waals surface area contributed by atoms with Gasteiger partial charge in [-0.15, -0.1) is 0 Å². The Labute approximate surface area is 96.8 Å². The van der Waals surface area contributed by atoms with E-state index in [1.165, 1.54) is 0 Å². The summed E-state index contributed by atoms with van der Waals surface area (Å²) in [5.41, 5.74) is 6.41. The van der Waals surface area contributed by atoms with Crippen molar-refractivity contribution in [3.63, 3.8) is 0 Å². The second-order valence-corrected chi connectivity index (χ2v) is 3.61. The minimum absolute atomic E-state index is 0.167. The normalized spacial score (nSPS) is 13.2. The topological polar surface area (TPSA) is 55.1 Å². The molecule has 0 aliphatic rings. The van der Waals surface area contributed by atoms with E-state index in [9.17, 15) is 18.0 Å². The highest BCUT2D eigenvalue weighted by molar-refractivity contribution is 5.76. The fourth-order valence-electron chi connectivity index (χ4n) is 1.29. The lowest BCUT2D eigenvalue weighted by Crippen LogP contribution is -2.35. The van der Waals surface area contributed by atoms with Crippen LogP contribution in [0.3, 0.4) is 0 Å². The van der Waals surface area contributed by atoms with Gasteiger partial charge in [-0.3, -0.25) is 4.79 Å². The van der Waals surface area contributed by atoms with E-state index in [0.717, 1.165) is 5.56 Å². The van der Waals surface area contributed by atoms with Crippen LogP contribution >= 0.6 is 0 Å². The van der Waals surface area contributed by atoms with E-state index in [-0.39, 0.29) is 6.42 Å². The maximum Gasteiger partial charge on any atom is 0.405 e. The van der Waals surface area contributed by atoms with Gasteiger partial charge in [0.1, 0.15) is 6.54 Å². The minimum Gasteiger partial charge on any atom is -0.347 e. The van der Waals surface area contributed by atoms with Crippen molar-refractivity contribution in [1.29, 1.82) is 0 Å². The fourth-order valence-corrected chi connectivity index (χ4v) is 1.29. The number of amides is 1. The van der Waals surface area contributed by atoms with Gasteiger partial charge in [0.2, 0.25) is 5.91 Å². The Kier molecular flexibility index (Phi) is 4.51. The number of carbonyl (C=O) groups excluding carboxylic acids is 1. The molecule has 3 nitrogen and oxygen atoms in total. The standard InChI is InChI=1S/C11H13F3N2O/c12-11(13,14)7-16-10(17)6-9(15)8-4-2-1-3-5-8/h1-5,9H,6-7,15H2,(H,16,17). The van der Waals surface area contributed by atoms with Crippen molar-refractivity contribution in [2.45, 2.75) is 18.6 Å². The van der Waals surface area contributed by atoms with Gasteiger partial charge in [0.05, 0.1) is 0 Å². The lowest BCUT2D eigenvalue weighted by molar-refractivity contribution is -0.138. The summed E-state index contributed by atoms with van der Waals surface area (Å²) in [6.07, 6.45) is -4.56. The number of hydrogen-bond donors (Lipinski definition) is 2. The summed E-state index contributed by atoms with van der Waals surface area (Å²) >= 11 is 0. The van der Waals surface area contributed by atoms with Crippen LogP contribution in [0.2, 0.25) is 0 Å². The van der Waals surface area contributed by atoms with Gasteiger partial charge < -0.3 is 11.1 Å². The molecule has 3 N–H and O–H groups in total. The summed E-state index contributed by atoms with van der Waals surface area (Å²) in [5.74, 6) is -0.710. The van der Waals surface area contributed by atoms with Crippen LogP contribution in [-0.4, -0.2) is 18.6 Å². The Bertz CT molecular complexity index is 365. The number of hydrogen-bond acceptors (Lipinski definition) is 2. The number of benzene rings is 1. The molecule has 1 atom stereocenters. The van der Waals surface area contributed by atoms with Crippen molar-refractivity contribution in [3.05, 3.63) is 35.9 Å². The molecule has 0 aliphatic heterocycles. The van der Waals surface area contributed by atoms with E-state index >= 15 is 0 Å². The van der Waals surface area contributed by atoms with E-state index in [4.69, 9.17) is 5.73 Å². The first kappa shape index (κ1) is 13.5. The second-order valence-electron chi connectivity index (χ2n) is 3.61. The summed E-state index contributed by atoms with van der Waals surface area (Å²) < 4.78 is 35.5. The van der Waals surface area contributed by atoms with Crippen LogP contribution in [0.15, 0.2) is 30.3 Å². The van der Waals surface area contributed by atoms with Crippen molar-refractivity contribution in [2.24, 2.45) is 5.73 Å². The number of alkyl halides is 3. The highest BCUT2D eigenvalue weighted by Crippen LogP contribution is 2.15. The number of nitrogens with one attached hydrogen (secondary N) is 1. The predicted molar refractivity (Wildman–Crippen MR) is 57.1 cm³/mol. The van der Waals surface area contributed by atoms with Crippen LogP contribution in [0, 0.1) is 0 Å². The molecule has 6 heteroatoms. The number of halogens is 3. The van der Waals surface area contributed by atoms with E-state index in [1.807, 2.05) is 0 Å². The van der Waals surface area contributed by atoms with Crippen LogP contribution in [0.25, 0.3) is 0 Å². The zero-order valence-electron chi connectivity index (χ0n) is 9.00. The zero-order valence-corrected chi connectivity index (χ0v) is 9.00. The Balaban J connectivity index is 2.42. The molecule has 0 saturated heterocycles. The molecule has 0 bridgehead atoms. The Morgan fingerprint density at radius 2 is 1.88 bits per heavy atom. The quantitative estimate of drug-likeness (QED) is 0.850. The molecule has 0 fully saturated rings. The molecule has 17 heavy (non-hydrogen) atoms. The first-order valence-corrected chi connectivity index (χ1v) is 5.02. The Hall–Kier alpha value is -1.56. The maximum atomic E-state index is 11.8. The first-order valence-electron chi connectivity index (χ1n) is 5.02. The van der Waals surface area contributed by atoms with Crippen LogP contribution in [0.1, 0.15) is 18.0 Å². The van der Waals surface area contributed by atoms with Crippen molar-refractivity contribution in [1.82, 2.24) is 5.32 Å². The van der Waals surface area contributed by atoms with E-state index < -0.39 is 24.7 Å². The van der Waals surface area contributed by atoms with Crippen molar-refractivity contribution in [3.8, 4) is 0 Å². The number of nitrogens with two attached hydrogens (primary N) is 1. The van der Waals surface area contributed by atoms with E-state index in [0.29, 0.717) is 0 Å². The smallest absolute Gasteiger partial charge is 0.347 e. The second kappa shape index (κ2) is 5.67. The van der Waals surface area contributed by atoms with Gasteiger partial charge in [0.15, 0.2) is 0 Å². The molecule has 0 heterocycles. The molecule has 1 aromatic carbocycles. The molecule has 1 rings (SSSR count). The van der Waals surface area contributed by atoms with Crippen LogP contribution in [0.5, 0.6) is 0 Å². The summed E-state index contributed by atoms with van der Waals surface area (Å²) in [6, 6.07) is 8.15. The molecule has 0 aromatic heterocycles. The van der Waals surface area contributed by atoms with Crippen molar-refractivity contribution < 1.29 is 18.0 Å². The monoisotopic (exact) mass is 246 g/mol. The SMILES string of the molecule is NC(CC(=O)NCC(F)(F)F)c1ccccc1. The van der Waals surface area contributed by atoms with E-state index in [2.05, 4.69) is 0 Å². The average molecular weight is 246 g/mol. The average Bonchev–Trinajstić information content (AvgIpc) is 2.27. The molecule has 0 saturated carbocycles. The molecule has 1 unspecified atom stereocenters. The highest BCUT2D eigenvalue weighted by Gasteiger charge is 2.27. The van der Waals surface area contributed by atoms with Gasteiger partial charge in [0, 0.05) is 12.5 Å².